The molecule has 140 valence electrons. The highest BCUT2D eigenvalue weighted by Crippen LogP contribution is 2.21. The van der Waals surface area contributed by atoms with Crippen molar-refractivity contribution in [1.82, 2.24) is 4.72 Å². The van der Waals surface area contributed by atoms with Gasteiger partial charge in [-0.1, -0.05) is 11.6 Å². The quantitative estimate of drug-likeness (QED) is 0.751. The van der Waals surface area contributed by atoms with Crippen molar-refractivity contribution >= 4 is 33.2 Å². The molecule has 1 amide bonds. The van der Waals surface area contributed by atoms with E-state index >= 15 is 0 Å². The normalized spacial score (nSPS) is 11.4. The van der Waals surface area contributed by atoms with Crippen molar-refractivity contribution in [3.8, 4) is 5.75 Å². The lowest BCUT2D eigenvalue weighted by molar-refractivity contribution is -0.118. The zero-order valence-corrected chi connectivity index (χ0v) is 16.3. The number of nitrogens with one attached hydrogen (secondary N) is 2. The highest BCUT2D eigenvalue weighted by molar-refractivity contribution is 7.89. The van der Waals surface area contributed by atoms with Crippen LogP contribution in [0.5, 0.6) is 5.75 Å². The van der Waals surface area contributed by atoms with Crippen LogP contribution < -0.4 is 14.8 Å². The summed E-state index contributed by atoms with van der Waals surface area (Å²) in [5.41, 5.74) is 1.34. The first-order chi connectivity index (χ1) is 12.2. The summed E-state index contributed by atoms with van der Waals surface area (Å²) in [5, 5.41) is 3.28. The molecule has 0 fully saturated rings. The molecule has 0 bridgehead atoms. The van der Waals surface area contributed by atoms with E-state index in [2.05, 4.69) is 10.0 Å². The summed E-state index contributed by atoms with van der Waals surface area (Å²) in [4.78, 5) is 12.1. The van der Waals surface area contributed by atoms with Gasteiger partial charge < -0.3 is 10.1 Å². The molecular formula is C18H21ClN2O4S. The Morgan fingerprint density at radius 3 is 2.38 bits per heavy atom. The third kappa shape index (κ3) is 5.72. The average Bonchev–Trinajstić information content (AvgIpc) is 2.55. The van der Waals surface area contributed by atoms with Crippen molar-refractivity contribution in [3.05, 3.63) is 53.1 Å². The molecule has 0 heterocycles. The molecule has 0 saturated carbocycles. The second-order valence-electron chi connectivity index (χ2n) is 6.05. The van der Waals surface area contributed by atoms with Gasteiger partial charge in [0.05, 0.1) is 4.90 Å². The molecule has 6 nitrogen and oxygen atoms in total. The Morgan fingerprint density at radius 2 is 1.81 bits per heavy atom. The van der Waals surface area contributed by atoms with Crippen molar-refractivity contribution in [1.29, 1.82) is 0 Å². The first kappa shape index (κ1) is 20.2. The third-order valence-corrected chi connectivity index (χ3v) is 5.44. The lowest BCUT2D eigenvalue weighted by Gasteiger charge is -2.11. The van der Waals surface area contributed by atoms with Crippen molar-refractivity contribution < 1.29 is 17.9 Å². The number of hydrogen-bond acceptors (Lipinski definition) is 4. The maximum Gasteiger partial charge on any atom is 0.262 e. The summed E-state index contributed by atoms with van der Waals surface area (Å²) in [6, 6.07) is 10.9. The highest BCUT2D eigenvalue weighted by Gasteiger charge is 2.15. The maximum atomic E-state index is 12.1. The van der Waals surface area contributed by atoms with E-state index in [0.717, 1.165) is 5.56 Å². The highest BCUT2D eigenvalue weighted by atomic mass is 35.5. The number of aryl methyl sites for hydroxylation is 1. The Morgan fingerprint density at radius 1 is 1.15 bits per heavy atom. The molecule has 0 aromatic heterocycles. The molecule has 0 spiro atoms. The van der Waals surface area contributed by atoms with Gasteiger partial charge in [-0.05, 0) is 68.8 Å². The predicted octanol–water partition coefficient (Wildman–Crippen LogP) is 3.35. The molecule has 0 aliphatic heterocycles. The van der Waals surface area contributed by atoms with Crippen molar-refractivity contribution in [2.24, 2.45) is 0 Å². The monoisotopic (exact) mass is 396 g/mol. The minimum absolute atomic E-state index is 0.136. The number of benzene rings is 2. The van der Waals surface area contributed by atoms with Crippen molar-refractivity contribution in [3.63, 3.8) is 0 Å². The topological polar surface area (TPSA) is 84.5 Å². The van der Waals surface area contributed by atoms with Gasteiger partial charge in [0.1, 0.15) is 5.75 Å². The molecule has 2 rings (SSSR count). The number of anilines is 1. The van der Waals surface area contributed by atoms with Crippen LogP contribution in [0, 0.1) is 6.92 Å². The van der Waals surface area contributed by atoms with Crippen LogP contribution in [-0.2, 0) is 14.8 Å². The summed E-state index contributed by atoms with van der Waals surface area (Å²) < 4.78 is 32.0. The fraction of sp³-hybridized carbons (Fsp3) is 0.278. The number of hydrogen-bond donors (Lipinski definition) is 2. The second-order valence-corrected chi connectivity index (χ2v) is 8.17. The Kier molecular flexibility index (Phi) is 6.63. The number of sulfonamides is 1. The third-order valence-electron chi connectivity index (χ3n) is 3.34. The molecule has 0 saturated heterocycles. The number of carbonyl (C=O) groups excluding carboxylic acids is 1. The Hall–Kier alpha value is -2.09. The van der Waals surface area contributed by atoms with Gasteiger partial charge in [0, 0.05) is 16.8 Å². The molecule has 0 unspecified atom stereocenters. The van der Waals surface area contributed by atoms with Gasteiger partial charge in [-0.25, -0.2) is 13.1 Å². The molecule has 2 aromatic rings. The molecule has 26 heavy (non-hydrogen) atoms. The van der Waals surface area contributed by atoms with Crippen LogP contribution in [0.15, 0.2) is 47.4 Å². The molecule has 0 aliphatic carbocycles. The van der Waals surface area contributed by atoms with Crippen molar-refractivity contribution in [2.75, 3.05) is 11.9 Å². The zero-order chi connectivity index (χ0) is 19.3. The number of halogens is 1. The summed E-state index contributed by atoms with van der Waals surface area (Å²) in [5.74, 6) is 0.191. The standard InChI is InChI=1S/C18H21ClN2O4S/c1-12(2)21-26(23,24)16-7-4-14(5-8-16)20-18(22)11-25-15-6-9-17(19)13(3)10-15/h4-10,12,21H,11H2,1-3H3,(H,20,22). The lowest BCUT2D eigenvalue weighted by Crippen LogP contribution is -2.30. The minimum Gasteiger partial charge on any atom is -0.484 e. The number of carbonyl (C=O) groups is 1. The van der Waals surface area contributed by atoms with Gasteiger partial charge >= 0.3 is 0 Å². The minimum atomic E-state index is -3.56. The van der Waals surface area contributed by atoms with E-state index < -0.39 is 10.0 Å². The predicted molar refractivity (Wildman–Crippen MR) is 102 cm³/mol. The van der Waals surface area contributed by atoms with Gasteiger partial charge in [0.25, 0.3) is 5.91 Å². The van der Waals surface area contributed by atoms with Crippen LogP contribution >= 0.6 is 11.6 Å². The van der Waals surface area contributed by atoms with E-state index in [4.69, 9.17) is 16.3 Å². The number of rotatable bonds is 7. The zero-order valence-electron chi connectivity index (χ0n) is 14.7. The molecule has 0 atom stereocenters. The Balaban J connectivity index is 1.94. The summed E-state index contributed by atoms with van der Waals surface area (Å²) in [7, 11) is -3.56. The first-order valence-electron chi connectivity index (χ1n) is 7.98. The molecular weight excluding hydrogens is 376 g/mol. The molecule has 8 heteroatoms. The van der Waals surface area contributed by atoms with Gasteiger partial charge in [0.2, 0.25) is 10.0 Å². The van der Waals surface area contributed by atoms with Crippen LogP contribution in [0.1, 0.15) is 19.4 Å². The van der Waals surface area contributed by atoms with E-state index in [1.807, 2.05) is 6.92 Å². The van der Waals surface area contributed by atoms with Crippen LogP contribution in [-0.4, -0.2) is 27.0 Å². The van der Waals surface area contributed by atoms with E-state index in [0.29, 0.717) is 16.5 Å². The molecule has 0 aliphatic rings. The summed E-state index contributed by atoms with van der Waals surface area (Å²) in [6.45, 7) is 5.16. The number of amides is 1. The maximum absolute atomic E-state index is 12.1. The van der Waals surface area contributed by atoms with E-state index in [1.165, 1.54) is 24.3 Å². The fourth-order valence-electron chi connectivity index (χ4n) is 2.15. The molecule has 2 aromatic carbocycles. The molecule has 2 N–H and O–H groups in total. The average molecular weight is 397 g/mol. The first-order valence-corrected chi connectivity index (χ1v) is 9.84. The largest absolute Gasteiger partial charge is 0.484 e. The van der Waals surface area contributed by atoms with E-state index in [1.54, 1.807) is 32.0 Å². The van der Waals surface area contributed by atoms with E-state index in [-0.39, 0.29) is 23.5 Å². The SMILES string of the molecule is Cc1cc(OCC(=O)Nc2ccc(S(=O)(=O)NC(C)C)cc2)ccc1Cl. The Labute approximate surface area is 158 Å². The van der Waals surface area contributed by atoms with Crippen LogP contribution in [0.2, 0.25) is 5.02 Å². The summed E-state index contributed by atoms with van der Waals surface area (Å²) >= 11 is 5.94. The number of ether oxygens (including phenoxy) is 1. The van der Waals surface area contributed by atoms with Gasteiger partial charge in [-0.15, -0.1) is 0 Å². The fourth-order valence-corrected chi connectivity index (χ4v) is 3.52. The second kappa shape index (κ2) is 8.53. The van der Waals surface area contributed by atoms with Crippen LogP contribution in [0.4, 0.5) is 5.69 Å². The van der Waals surface area contributed by atoms with Crippen LogP contribution in [0.3, 0.4) is 0 Å². The smallest absolute Gasteiger partial charge is 0.262 e. The molecule has 0 radical (unpaired) electrons. The van der Waals surface area contributed by atoms with Crippen LogP contribution in [0.25, 0.3) is 0 Å². The van der Waals surface area contributed by atoms with Gasteiger partial charge in [-0.3, -0.25) is 4.79 Å². The van der Waals surface area contributed by atoms with E-state index in [9.17, 15) is 13.2 Å². The Bertz CT molecular complexity index is 881. The van der Waals surface area contributed by atoms with Gasteiger partial charge in [-0.2, -0.15) is 0 Å². The lowest BCUT2D eigenvalue weighted by atomic mass is 10.2. The van der Waals surface area contributed by atoms with Gasteiger partial charge in [0.15, 0.2) is 6.61 Å². The van der Waals surface area contributed by atoms with Crippen molar-refractivity contribution in [2.45, 2.75) is 31.7 Å². The summed E-state index contributed by atoms with van der Waals surface area (Å²) in [6.07, 6.45) is 0.